The molecule has 0 saturated heterocycles. The summed E-state index contributed by atoms with van der Waals surface area (Å²) >= 11 is 0. The van der Waals surface area contributed by atoms with E-state index < -0.39 is 42.2 Å². The summed E-state index contributed by atoms with van der Waals surface area (Å²) < 4.78 is 72.4. The Balaban J connectivity index is 1.88. The molecule has 3 aromatic carbocycles. The molecule has 0 aromatic heterocycles. The second-order valence-corrected chi connectivity index (χ2v) is 10.3. The standard InChI is InChI=1S/C20H15NO10S2/c22-6-5-21-19(23)11-2-1-10-13-7-9(32(25,26)27)8-15(33(28,29)30)18(13)31-14-4-3-12(20(21)24)16(11)17(10)14/h1-4,7-8,20,22,24H,5-6H2,(H,25,26,27)(H,28,29,30). The minimum absolute atomic E-state index is 0.0614. The highest BCUT2D eigenvalue weighted by atomic mass is 32.2. The molecule has 172 valence electrons. The Morgan fingerprint density at radius 3 is 2.24 bits per heavy atom. The van der Waals surface area contributed by atoms with Gasteiger partial charge < -0.3 is 19.8 Å². The third-order valence-corrected chi connectivity index (χ3v) is 7.36. The summed E-state index contributed by atoms with van der Waals surface area (Å²) in [6, 6.07) is 7.36. The average Bonchev–Trinajstić information content (AvgIpc) is 2.74. The van der Waals surface area contributed by atoms with Crippen LogP contribution >= 0.6 is 0 Å². The van der Waals surface area contributed by atoms with E-state index in [0.717, 1.165) is 11.0 Å². The molecule has 2 aliphatic rings. The summed E-state index contributed by atoms with van der Waals surface area (Å²) in [6.45, 7) is -0.482. The van der Waals surface area contributed by atoms with E-state index in [1.165, 1.54) is 24.3 Å². The number of nitrogens with zero attached hydrogens (tertiary/aromatic N) is 1. The van der Waals surface area contributed by atoms with Crippen LogP contribution in [0.1, 0.15) is 22.1 Å². The lowest BCUT2D eigenvalue weighted by atomic mass is 9.87. The van der Waals surface area contributed by atoms with Gasteiger partial charge >= 0.3 is 0 Å². The minimum Gasteiger partial charge on any atom is -0.455 e. The Kier molecular flexibility index (Phi) is 4.59. The fourth-order valence-corrected chi connectivity index (χ4v) is 5.56. The quantitative estimate of drug-likeness (QED) is 0.305. The number of hydrogen-bond acceptors (Lipinski definition) is 8. The number of carbonyl (C=O) groups excluding carboxylic acids is 1. The summed E-state index contributed by atoms with van der Waals surface area (Å²) in [6.07, 6.45) is -1.37. The first-order chi connectivity index (χ1) is 15.4. The number of aliphatic hydroxyl groups is 2. The van der Waals surface area contributed by atoms with Crippen molar-refractivity contribution in [2.45, 2.75) is 16.0 Å². The Morgan fingerprint density at radius 1 is 0.909 bits per heavy atom. The maximum Gasteiger partial charge on any atom is 0.298 e. The van der Waals surface area contributed by atoms with Crippen LogP contribution in [0.3, 0.4) is 0 Å². The van der Waals surface area contributed by atoms with E-state index in [0.29, 0.717) is 22.4 Å². The molecule has 13 heteroatoms. The highest BCUT2D eigenvalue weighted by Gasteiger charge is 2.37. The highest BCUT2D eigenvalue weighted by Crippen LogP contribution is 2.52. The predicted molar refractivity (Wildman–Crippen MR) is 112 cm³/mol. The van der Waals surface area contributed by atoms with Crippen LogP contribution in [0.25, 0.3) is 21.9 Å². The zero-order valence-electron chi connectivity index (χ0n) is 16.5. The van der Waals surface area contributed by atoms with Crippen LogP contribution in [0.5, 0.6) is 11.5 Å². The first-order valence-electron chi connectivity index (χ1n) is 9.44. The van der Waals surface area contributed by atoms with Crippen molar-refractivity contribution >= 4 is 36.9 Å². The third-order valence-electron chi connectivity index (χ3n) is 5.67. The van der Waals surface area contributed by atoms with Crippen molar-refractivity contribution < 1.29 is 45.7 Å². The molecule has 4 N–H and O–H groups in total. The summed E-state index contributed by atoms with van der Waals surface area (Å²) in [4.78, 5) is 12.4. The van der Waals surface area contributed by atoms with Crippen molar-refractivity contribution in [2.75, 3.05) is 13.2 Å². The summed E-state index contributed by atoms with van der Waals surface area (Å²) in [7, 11) is -9.83. The second-order valence-electron chi connectivity index (χ2n) is 7.51. The Hall–Kier alpha value is -3.07. The van der Waals surface area contributed by atoms with Crippen molar-refractivity contribution in [1.29, 1.82) is 0 Å². The number of carbonyl (C=O) groups is 1. The SMILES string of the molecule is O=C1c2ccc3c4c(ccc(c24)C(O)N1CCO)Oc1c-3cc(S(=O)(=O)O)cc1S(=O)(=O)O. The first kappa shape index (κ1) is 21.8. The lowest BCUT2D eigenvalue weighted by Crippen LogP contribution is -2.40. The normalized spacial score (nSPS) is 17.2. The lowest BCUT2D eigenvalue weighted by molar-refractivity contribution is -0.00154. The average molecular weight is 493 g/mol. The molecule has 3 aromatic rings. The van der Waals surface area contributed by atoms with Crippen molar-refractivity contribution in [3.8, 4) is 22.6 Å². The minimum atomic E-state index is -4.96. The zero-order valence-corrected chi connectivity index (χ0v) is 18.1. The molecule has 0 saturated carbocycles. The number of aliphatic hydroxyl groups excluding tert-OH is 2. The van der Waals surface area contributed by atoms with Crippen LogP contribution < -0.4 is 4.74 Å². The fourth-order valence-electron chi connectivity index (χ4n) is 4.29. The smallest absolute Gasteiger partial charge is 0.298 e. The van der Waals surface area contributed by atoms with E-state index in [-0.39, 0.29) is 41.3 Å². The fraction of sp³-hybridized carbons (Fsp3) is 0.150. The topological polar surface area (TPSA) is 179 Å². The Morgan fingerprint density at radius 2 is 1.61 bits per heavy atom. The molecule has 1 atom stereocenters. The number of ether oxygens (including phenoxy) is 1. The van der Waals surface area contributed by atoms with E-state index in [4.69, 9.17) is 4.74 Å². The van der Waals surface area contributed by atoms with Crippen LogP contribution in [0.15, 0.2) is 46.2 Å². The van der Waals surface area contributed by atoms with E-state index in [1.807, 2.05) is 0 Å². The molecule has 0 aliphatic carbocycles. The van der Waals surface area contributed by atoms with Gasteiger partial charge in [-0.1, -0.05) is 12.1 Å². The lowest BCUT2D eigenvalue weighted by Gasteiger charge is -2.35. The summed E-state index contributed by atoms with van der Waals surface area (Å²) in [5.41, 5.74) is 0.718. The summed E-state index contributed by atoms with van der Waals surface area (Å²) in [5.74, 6) is -0.799. The second kappa shape index (κ2) is 6.96. The molecular formula is C20H15NO10S2. The van der Waals surface area contributed by atoms with Gasteiger partial charge in [0.05, 0.1) is 11.5 Å². The molecule has 0 fully saturated rings. The van der Waals surface area contributed by atoms with Gasteiger partial charge in [-0.05, 0) is 29.8 Å². The van der Waals surface area contributed by atoms with Gasteiger partial charge in [0.15, 0.2) is 12.0 Å². The van der Waals surface area contributed by atoms with Gasteiger partial charge in [-0.15, -0.1) is 0 Å². The molecule has 2 heterocycles. The number of benzene rings is 3. The number of β-amino-alcohol motifs (C(OH)–C–C–N with tert-alkyl or cyclic N) is 1. The van der Waals surface area contributed by atoms with Crippen molar-refractivity contribution in [3.63, 3.8) is 0 Å². The Bertz CT molecular complexity index is 1600. The molecule has 2 aliphatic heterocycles. The molecular weight excluding hydrogens is 478 g/mol. The third kappa shape index (κ3) is 3.13. The molecule has 0 radical (unpaired) electrons. The molecule has 1 unspecified atom stereocenters. The van der Waals surface area contributed by atoms with Gasteiger partial charge in [-0.2, -0.15) is 16.8 Å². The van der Waals surface area contributed by atoms with Crippen LogP contribution in [0.4, 0.5) is 0 Å². The Labute approximate surface area is 186 Å². The molecule has 33 heavy (non-hydrogen) atoms. The van der Waals surface area contributed by atoms with E-state index >= 15 is 0 Å². The van der Waals surface area contributed by atoms with E-state index in [1.54, 1.807) is 0 Å². The first-order valence-corrected chi connectivity index (χ1v) is 12.3. The van der Waals surface area contributed by atoms with Crippen molar-refractivity contribution in [1.82, 2.24) is 4.90 Å². The molecule has 11 nitrogen and oxygen atoms in total. The van der Waals surface area contributed by atoms with Gasteiger partial charge in [-0.3, -0.25) is 13.9 Å². The number of amides is 1. The predicted octanol–water partition coefficient (Wildman–Crippen LogP) is 1.54. The van der Waals surface area contributed by atoms with E-state index in [9.17, 15) is 40.9 Å². The monoisotopic (exact) mass is 493 g/mol. The maximum atomic E-state index is 12.9. The van der Waals surface area contributed by atoms with E-state index in [2.05, 4.69) is 0 Å². The maximum absolute atomic E-state index is 12.9. The van der Waals surface area contributed by atoms with Gasteiger partial charge in [0.25, 0.3) is 26.1 Å². The van der Waals surface area contributed by atoms with Gasteiger partial charge in [0, 0.05) is 34.0 Å². The number of rotatable bonds is 4. The van der Waals surface area contributed by atoms with Crippen molar-refractivity contribution in [3.05, 3.63) is 47.5 Å². The number of hydrogen-bond donors (Lipinski definition) is 4. The summed E-state index contributed by atoms with van der Waals surface area (Å²) in [5, 5.41) is 20.6. The van der Waals surface area contributed by atoms with Gasteiger partial charge in [-0.25, -0.2) is 0 Å². The van der Waals surface area contributed by atoms with Crippen LogP contribution in [-0.2, 0) is 20.2 Å². The molecule has 1 amide bonds. The highest BCUT2D eigenvalue weighted by molar-refractivity contribution is 7.86. The molecule has 0 bridgehead atoms. The van der Waals surface area contributed by atoms with Gasteiger partial charge in [0.1, 0.15) is 10.6 Å². The van der Waals surface area contributed by atoms with Gasteiger partial charge in [0.2, 0.25) is 0 Å². The number of fused-ring (bicyclic) bond motifs is 2. The van der Waals surface area contributed by atoms with Crippen LogP contribution in [0, 0.1) is 0 Å². The molecule has 5 rings (SSSR count). The van der Waals surface area contributed by atoms with Crippen LogP contribution in [-0.4, -0.2) is 60.1 Å². The molecule has 0 spiro atoms. The largest absolute Gasteiger partial charge is 0.455 e. The van der Waals surface area contributed by atoms with Crippen molar-refractivity contribution in [2.24, 2.45) is 0 Å². The zero-order chi connectivity index (χ0) is 23.9. The van der Waals surface area contributed by atoms with Crippen LogP contribution in [0.2, 0.25) is 0 Å².